The summed E-state index contributed by atoms with van der Waals surface area (Å²) in [5, 5.41) is 3.96. The molecule has 18 heavy (non-hydrogen) atoms. The number of benzene rings is 2. The van der Waals surface area contributed by atoms with Crippen LogP contribution in [0.1, 0.15) is 11.1 Å². The third-order valence-corrected chi connectivity index (χ3v) is 3.94. The summed E-state index contributed by atoms with van der Waals surface area (Å²) in [6.07, 6.45) is 0. The lowest BCUT2D eigenvalue weighted by molar-refractivity contribution is 0.0502. The minimum atomic E-state index is 0.262. The molecule has 2 nitrogen and oxygen atoms in total. The van der Waals surface area contributed by atoms with Crippen LogP contribution in [0.4, 0.5) is 0 Å². The van der Waals surface area contributed by atoms with Crippen molar-refractivity contribution in [2.24, 2.45) is 0 Å². The van der Waals surface area contributed by atoms with Crippen LogP contribution in [0.25, 0.3) is 10.8 Å². The third kappa shape index (κ3) is 2.71. The average Bonchev–Trinajstić information content (AvgIpc) is 2.43. The van der Waals surface area contributed by atoms with Gasteiger partial charge in [-0.25, -0.2) is 0 Å². The van der Waals surface area contributed by atoms with Crippen molar-refractivity contribution in [3.63, 3.8) is 0 Å². The molecule has 96 valence electrons. The van der Waals surface area contributed by atoms with Gasteiger partial charge in [0.05, 0.1) is 0 Å². The van der Waals surface area contributed by atoms with Gasteiger partial charge in [0, 0.05) is 28.9 Å². The summed E-state index contributed by atoms with van der Waals surface area (Å²) in [6, 6.07) is 10.5. The van der Waals surface area contributed by atoms with Crippen molar-refractivity contribution in [2.75, 3.05) is 13.9 Å². The number of halogens is 2. The van der Waals surface area contributed by atoms with Crippen molar-refractivity contribution < 1.29 is 9.47 Å². The molecule has 2 aromatic rings. The van der Waals surface area contributed by atoms with Crippen molar-refractivity contribution in [1.29, 1.82) is 0 Å². The van der Waals surface area contributed by atoms with Crippen molar-refractivity contribution in [1.82, 2.24) is 0 Å². The Balaban J connectivity index is 2.63. The van der Waals surface area contributed by atoms with E-state index in [1.54, 1.807) is 7.11 Å². The van der Waals surface area contributed by atoms with Crippen molar-refractivity contribution in [3.05, 3.63) is 41.5 Å². The van der Waals surface area contributed by atoms with Crippen LogP contribution in [0.2, 0.25) is 0 Å². The van der Waals surface area contributed by atoms with Gasteiger partial charge >= 0.3 is 0 Å². The van der Waals surface area contributed by atoms with Gasteiger partial charge in [-0.15, -0.1) is 0 Å². The van der Waals surface area contributed by atoms with Crippen LogP contribution in [-0.2, 0) is 15.4 Å². The molecule has 2 aromatic carbocycles. The standard InChI is InChI=1S/C14H14Br2O2/c1-17-9-18-14-11(7-15)6-10-4-2-3-5-12(10)13(14)8-16/h2-6H,7-9H2,1H3. The van der Waals surface area contributed by atoms with E-state index in [0.29, 0.717) is 0 Å². The van der Waals surface area contributed by atoms with Gasteiger partial charge in [0.15, 0.2) is 6.79 Å². The van der Waals surface area contributed by atoms with E-state index in [-0.39, 0.29) is 6.79 Å². The summed E-state index contributed by atoms with van der Waals surface area (Å²) in [6.45, 7) is 0.262. The monoisotopic (exact) mass is 372 g/mol. The zero-order valence-corrected chi connectivity index (χ0v) is 13.3. The highest BCUT2D eigenvalue weighted by molar-refractivity contribution is 9.08. The van der Waals surface area contributed by atoms with Crippen LogP contribution in [0.3, 0.4) is 0 Å². The van der Waals surface area contributed by atoms with Crippen LogP contribution in [0.15, 0.2) is 30.3 Å². The van der Waals surface area contributed by atoms with E-state index in [2.05, 4.69) is 50.1 Å². The molecule has 0 N–H and O–H groups in total. The van der Waals surface area contributed by atoms with Crippen LogP contribution >= 0.6 is 31.9 Å². The number of hydrogen-bond acceptors (Lipinski definition) is 2. The van der Waals surface area contributed by atoms with Gasteiger partial charge in [0.1, 0.15) is 5.75 Å². The fraction of sp³-hybridized carbons (Fsp3) is 0.286. The molecular formula is C14H14Br2O2. The Hall–Kier alpha value is -0.580. The average molecular weight is 374 g/mol. The molecule has 0 aliphatic heterocycles. The Morgan fingerprint density at radius 1 is 1.11 bits per heavy atom. The summed E-state index contributed by atoms with van der Waals surface area (Å²) in [7, 11) is 1.63. The summed E-state index contributed by atoms with van der Waals surface area (Å²) in [4.78, 5) is 0. The molecule has 0 heterocycles. The number of fused-ring (bicyclic) bond motifs is 1. The predicted molar refractivity (Wildman–Crippen MR) is 81.7 cm³/mol. The summed E-state index contributed by atoms with van der Waals surface area (Å²) in [5.74, 6) is 0.907. The van der Waals surface area contributed by atoms with Gasteiger partial charge in [0.2, 0.25) is 0 Å². The molecule has 0 unspecified atom stereocenters. The fourth-order valence-electron chi connectivity index (χ4n) is 2.00. The lowest BCUT2D eigenvalue weighted by Gasteiger charge is -2.16. The van der Waals surface area contributed by atoms with E-state index < -0.39 is 0 Å². The van der Waals surface area contributed by atoms with Crippen LogP contribution in [0.5, 0.6) is 5.75 Å². The Kier molecular flexibility index (Phi) is 5.03. The van der Waals surface area contributed by atoms with E-state index in [1.807, 2.05) is 12.1 Å². The van der Waals surface area contributed by atoms with E-state index in [1.165, 1.54) is 16.3 Å². The second kappa shape index (κ2) is 6.55. The van der Waals surface area contributed by atoms with Crippen LogP contribution in [0, 0.1) is 0 Å². The van der Waals surface area contributed by atoms with E-state index in [9.17, 15) is 0 Å². The molecule has 2 rings (SSSR count). The molecule has 0 aliphatic carbocycles. The van der Waals surface area contributed by atoms with Crippen molar-refractivity contribution >= 4 is 42.6 Å². The molecule has 0 fully saturated rings. The molecule has 0 spiro atoms. The normalized spacial score (nSPS) is 10.8. The van der Waals surface area contributed by atoms with Crippen molar-refractivity contribution in [2.45, 2.75) is 10.7 Å². The zero-order chi connectivity index (χ0) is 13.0. The topological polar surface area (TPSA) is 18.5 Å². The molecule has 0 saturated heterocycles. The first-order chi connectivity index (χ1) is 8.81. The van der Waals surface area contributed by atoms with E-state index in [4.69, 9.17) is 9.47 Å². The first kappa shape index (κ1) is 13.8. The lowest BCUT2D eigenvalue weighted by Crippen LogP contribution is -2.04. The van der Waals surface area contributed by atoms with Crippen LogP contribution in [-0.4, -0.2) is 13.9 Å². The number of hydrogen-bond donors (Lipinski definition) is 0. The largest absolute Gasteiger partial charge is 0.467 e. The van der Waals surface area contributed by atoms with Gasteiger partial charge in [-0.3, -0.25) is 0 Å². The number of rotatable bonds is 5. The summed E-state index contributed by atoms with van der Waals surface area (Å²) in [5.41, 5.74) is 2.31. The maximum Gasteiger partial charge on any atom is 0.188 e. The Morgan fingerprint density at radius 3 is 2.56 bits per heavy atom. The molecule has 0 amide bonds. The number of alkyl halides is 2. The van der Waals surface area contributed by atoms with Crippen LogP contribution < -0.4 is 4.74 Å². The first-order valence-corrected chi connectivity index (χ1v) is 7.83. The Morgan fingerprint density at radius 2 is 1.89 bits per heavy atom. The number of methoxy groups -OCH3 is 1. The van der Waals surface area contributed by atoms with Gasteiger partial charge in [-0.2, -0.15) is 0 Å². The molecule has 0 aliphatic rings. The maximum atomic E-state index is 5.73. The maximum absolute atomic E-state index is 5.73. The molecule has 0 atom stereocenters. The highest BCUT2D eigenvalue weighted by Gasteiger charge is 2.13. The number of ether oxygens (including phenoxy) is 2. The quantitative estimate of drug-likeness (QED) is 0.562. The summed E-state index contributed by atoms with van der Waals surface area (Å²) < 4.78 is 10.7. The SMILES string of the molecule is COCOc1c(CBr)cc2ccccc2c1CBr. The van der Waals surface area contributed by atoms with Gasteiger partial charge < -0.3 is 9.47 Å². The smallest absolute Gasteiger partial charge is 0.188 e. The third-order valence-electron chi connectivity index (χ3n) is 2.78. The van der Waals surface area contributed by atoms with Crippen molar-refractivity contribution in [3.8, 4) is 5.75 Å². The fourth-order valence-corrected chi connectivity index (χ4v) is 2.97. The molecule has 4 heteroatoms. The second-order valence-corrected chi connectivity index (χ2v) is 5.00. The molecule has 0 saturated carbocycles. The van der Waals surface area contributed by atoms with Gasteiger partial charge in [0.25, 0.3) is 0 Å². The second-order valence-electron chi connectivity index (χ2n) is 3.88. The van der Waals surface area contributed by atoms with Gasteiger partial charge in [-0.1, -0.05) is 56.1 Å². The minimum absolute atomic E-state index is 0.262. The predicted octanol–water partition coefficient (Wildman–Crippen LogP) is 4.61. The highest BCUT2D eigenvalue weighted by atomic mass is 79.9. The molecular weight excluding hydrogens is 360 g/mol. The molecule has 0 aromatic heterocycles. The highest BCUT2D eigenvalue weighted by Crippen LogP contribution is 2.35. The lowest BCUT2D eigenvalue weighted by atomic mass is 10.0. The van der Waals surface area contributed by atoms with E-state index >= 15 is 0 Å². The van der Waals surface area contributed by atoms with E-state index in [0.717, 1.165) is 22.0 Å². The summed E-state index contributed by atoms with van der Waals surface area (Å²) >= 11 is 7.06. The first-order valence-electron chi connectivity index (χ1n) is 5.59. The Labute approximate surface area is 124 Å². The minimum Gasteiger partial charge on any atom is -0.467 e. The van der Waals surface area contributed by atoms with Gasteiger partial charge in [-0.05, 0) is 16.8 Å². The molecule has 0 radical (unpaired) electrons. The zero-order valence-electron chi connectivity index (χ0n) is 10.1. The molecule has 0 bridgehead atoms. The Bertz CT molecular complexity index is 541.